The van der Waals surface area contributed by atoms with Crippen molar-refractivity contribution in [2.24, 2.45) is 0 Å². The molecule has 1 heterocycles. The second-order valence-electron chi connectivity index (χ2n) is 5.31. The van der Waals surface area contributed by atoms with E-state index in [1.54, 1.807) is 25.3 Å². The van der Waals surface area contributed by atoms with Gasteiger partial charge in [0, 0.05) is 12.1 Å². The molecule has 6 nitrogen and oxygen atoms in total. The average Bonchev–Trinajstić information content (AvgIpc) is 3.13. The van der Waals surface area contributed by atoms with Gasteiger partial charge in [0.15, 0.2) is 5.16 Å². The molecule has 2 aromatic carbocycles. The summed E-state index contributed by atoms with van der Waals surface area (Å²) in [5.74, 6) is 0.320. The van der Waals surface area contributed by atoms with Gasteiger partial charge in [-0.2, -0.15) is 0 Å². The number of ether oxygens (including phenoxy) is 1. The molecule has 0 fully saturated rings. The molecule has 3 rings (SSSR count). The molecule has 26 heavy (non-hydrogen) atoms. The third-order valence-electron chi connectivity index (χ3n) is 3.63. The molecule has 8 heteroatoms. The van der Waals surface area contributed by atoms with E-state index in [0.29, 0.717) is 17.4 Å². The van der Waals surface area contributed by atoms with Crippen molar-refractivity contribution in [2.45, 2.75) is 11.7 Å². The summed E-state index contributed by atoms with van der Waals surface area (Å²) in [4.78, 5) is 12.1. The van der Waals surface area contributed by atoms with E-state index >= 15 is 0 Å². The maximum Gasteiger partial charge on any atom is 0.230 e. The lowest BCUT2D eigenvalue weighted by Crippen LogP contribution is -2.25. The maximum absolute atomic E-state index is 13.9. The van der Waals surface area contributed by atoms with Crippen LogP contribution < -0.4 is 10.1 Å². The van der Waals surface area contributed by atoms with Crippen LogP contribution in [0.15, 0.2) is 60.0 Å². The zero-order valence-corrected chi connectivity index (χ0v) is 14.9. The van der Waals surface area contributed by atoms with E-state index in [2.05, 4.69) is 15.5 Å². The molecule has 1 aromatic heterocycles. The number of thioether (sulfide) groups is 1. The van der Waals surface area contributed by atoms with E-state index in [1.807, 2.05) is 24.3 Å². The Morgan fingerprint density at radius 3 is 2.81 bits per heavy atom. The minimum absolute atomic E-state index is 0.141. The third-order valence-corrected chi connectivity index (χ3v) is 4.57. The zero-order valence-electron chi connectivity index (χ0n) is 14.1. The first-order valence-corrected chi connectivity index (χ1v) is 8.84. The van der Waals surface area contributed by atoms with Crippen molar-refractivity contribution in [3.63, 3.8) is 0 Å². The second kappa shape index (κ2) is 8.48. The van der Waals surface area contributed by atoms with Gasteiger partial charge in [-0.1, -0.05) is 42.1 Å². The summed E-state index contributed by atoms with van der Waals surface area (Å²) in [6.07, 6.45) is 1.42. The number of hydrogen-bond donors (Lipinski definition) is 1. The summed E-state index contributed by atoms with van der Waals surface area (Å²) in [7, 11) is 1.59. The van der Waals surface area contributed by atoms with Crippen LogP contribution in [0, 0.1) is 5.82 Å². The number of amides is 1. The van der Waals surface area contributed by atoms with Crippen LogP contribution in [-0.4, -0.2) is 33.5 Å². The topological polar surface area (TPSA) is 69.0 Å². The highest BCUT2D eigenvalue weighted by atomic mass is 32.2. The number of methoxy groups -OCH3 is 1. The summed E-state index contributed by atoms with van der Waals surface area (Å²) in [6.45, 7) is 0.364. The summed E-state index contributed by atoms with van der Waals surface area (Å²) in [5.41, 5.74) is 1.23. The SMILES string of the molecule is COc1ccccc1CNC(=O)CSc1nncn1-c1ccccc1F. The van der Waals surface area contributed by atoms with Crippen LogP contribution >= 0.6 is 11.8 Å². The first-order chi connectivity index (χ1) is 12.7. The Bertz CT molecular complexity index is 900. The van der Waals surface area contributed by atoms with Gasteiger partial charge in [-0.25, -0.2) is 4.39 Å². The van der Waals surface area contributed by atoms with Crippen LogP contribution in [0.4, 0.5) is 4.39 Å². The quantitative estimate of drug-likeness (QED) is 0.646. The van der Waals surface area contributed by atoms with Crippen LogP contribution in [0.25, 0.3) is 5.69 Å². The molecule has 3 aromatic rings. The lowest BCUT2D eigenvalue weighted by Gasteiger charge is -2.10. The second-order valence-corrected chi connectivity index (χ2v) is 6.25. The highest BCUT2D eigenvalue weighted by Gasteiger charge is 2.13. The van der Waals surface area contributed by atoms with Gasteiger partial charge in [0.2, 0.25) is 5.91 Å². The van der Waals surface area contributed by atoms with Gasteiger partial charge in [0.25, 0.3) is 0 Å². The fourth-order valence-corrected chi connectivity index (χ4v) is 3.11. The number of carbonyl (C=O) groups excluding carboxylic acids is 1. The van der Waals surface area contributed by atoms with E-state index < -0.39 is 0 Å². The van der Waals surface area contributed by atoms with Crippen molar-refractivity contribution in [3.8, 4) is 11.4 Å². The van der Waals surface area contributed by atoms with E-state index in [1.165, 1.54) is 28.7 Å². The molecule has 0 aliphatic heterocycles. The molecular formula is C18H17FN4O2S. The zero-order chi connectivity index (χ0) is 18.4. The molecular weight excluding hydrogens is 355 g/mol. The number of nitrogens with zero attached hydrogens (tertiary/aromatic N) is 3. The van der Waals surface area contributed by atoms with Crippen molar-refractivity contribution in [2.75, 3.05) is 12.9 Å². The predicted molar refractivity (Wildman–Crippen MR) is 96.9 cm³/mol. The normalized spacial score (nSPS) is 10.5. The molecule has 0 saturated carbocycles. The average molecular weight is 372 g/mol. The van der Waals surface area contributed by atoms with Crippen LogP contribution in [0.3, 0.4) is 0 Å². The van der Waals surface area contributed by atoms with Crippen LogP contribution in [0.2, 0.25) is 0 Å². The first-order valence-electron chi connectivity index (χ1n) is 7.85. The molecule has 134 valence electrons. The highest BCUT2D eigenvalue weighted by Crippen LogP contribution is 2.21. The van der Waals surface area contributed by atoms with Crippen molar-refractivity contribution in [3.05, 3.63) is 66.2 Å². The van der Waals surface area contributed by atoms with Crippen molar-refractivity contribution < 1.29 is 13.9 Å². The fraction of sp³-hybridized carbons (Fsp3) is 0.167. The third kappa shape index (κ3) is 4.20. The molecule has 0 bridgehead atoms. The van der Waals surface area contributed by atoms with Crippen molar-refractivity contribution >= 4 is 17.7 Å². The van der Waals surface area contributed by atoms with Crippen molar-refractivity contribution in [1.82, 2.24) is 20.1 Å². The Morgan fingerprint density at radius 2 is 2.00 bits per heavy atom. The number of halogens is 1. The Labute approximate surface area is 154 Å². The lowest BCUT2D eigenvalue weighted by molar-refractivity contribution is -0.118. The van der Waals surface area contributed by atoms with E-state index in [-0.39, 0.29) is 17.5 Å². The smallest absolute Gasteiger partial charge is 0.230 e. The number of aromatic nitrogens is 3. The molecule has 1 N–H and O–H groups in total. The van der Waals surface area contributed by atoms with Crippen LogP contribution in [-0.2, 0) is 11.3 Å². The van der Waals surface area contributed by atoms with Crippen molar-refractivity contribution in [1.29, 1.82) is 0 Å². The van der Waals surface area contributed by atoms with Gasteiger partial charge in [-0.05, 0) is 18.2 Å². The predicted octanol–water partition coefficient (Wildman–Crippen LogP) is 2.82. The fourth-order valence-electron chi connectivity index (χ4n) is 2.36. The Kier molecular flexibility index (Phi) is 5.85. The molecule has 0 radical (unpaired) electrons. The molecule has 0 saturated heterocycles. The minimum atomic E-state index is -0.380. The van der Waals surface area contributed by atoms with E-state index in [0.717, 1.165) is 11.3 Å². The Hall–Kier alpha value is -2.87. The molecule has 0 atom stereocenters. The lowest BCUT2D eigenvalue weighted by atomic mass is 10.2. The summed E-state index contributed by atoms with van der Waals surface area (Å²) < 4.78 is 20.7. The minimum Gasteiger partial charge on any atom is -0.496 e. The van der Waals surface area contributed by atoms with Gasteiger partial charge < -0.3 is 10.1 Å². The number of benzene rings is 2. The standard InChI is InChI=1S/C18H17FN4O2S/c1-25-16-9-5-2-6-13(16)10-20-17(24)11-26-18-22-21-12-23(18)15-8-4-3-7-14(15)19/h2-9,12H,10-11H2,1H3,(H,20,24). The van der Waals surface area contributed by atoms with Gasteiger partial charge in [0.05, 0.1) is 18.6 Å². The highest BCUT2D eigenvalue weighted by molar-refractivity contribution is 7.99. The number of hydrogen-bond acceptors (Lipinski definition) is 5. The van der Waals surface area contributed by atoms with Gasteiger partial charge in [-0.3, -0.25) is 9.36 Å². The monoisotopic (exact) mass is 372 g/mol. The molecule has 0 unspecified atom stereocenters. The summed E-state index contributed by atoms with van der Waals surface area (Å²) in [5, 5.41) is 11.1. The van der Waals surface area contributed by atoms with Crippen LogP contribution in [0.5, 0.6) is 5.75 Å². The van der Waals surface area contributed by atoms with E-state index in [9.17, 15) is 9.18 Å². The Morgan fingerprint density at radius 1 is 1.23 bits per heavy atom. The van der Waals surface area contributed by atoms with E-state index in [4.69, 9.17) is 4.74 Å². The Balaban J connectivity index is 1.59. The summed E-state index contributed by atoms with van der Waals surface area (Å²) in [6, 6.07) is 13.8. The molecule has 0 aliphatic carbocycles. The van der Waals surface area contributed by atoms with Crippen LogP contribution in [0.1, 0.15) is 5.56 Å². The maximum atomic E-state index is 13.9. The van der Waals surface area contributed by atoms with Gasteiger partial charge >= 0.3 is 0 Å². The summed E-state index contributed by atoms with van der Waals surface area (Å²) >= 11 is 1.19. The number of rotatable bonds is 7. The number of carbonyl (C=O) groups is 1. The first kappa shape index (κ1) is 17.9. The van der Waals surface area contributed by atoms with Gasteiger partial charge in [0.1, 0.15) is 17.9 Å². The largest absolute Gasteiger partial charge is 0.496 e. The number of nitrogens with one attached hydrogen (secondary N) is 1. The molecule has 0 spiro atoms. The molecule has 1 amide bonds. The number of para-hydroxylation sites is 2. The molecule has 0 aliphatic rings. The van der Waals surface area contributed by atoms with Gasteiger partial charge in [-0.15, -0.1) is 10.2 Å².